The zero-order valence-corrected chi connectivity index (χ0v) is 21.2. The first-order valence-corrected chi connectivity index (χ1v) is 13.1. The summed E-state index contributed by atoms with van der Waals surface area (Å²) in [5.74, 6) is 0.574. The van der Waals surface area contributed by atoms with Crippen LogP contribution in [-0.2, 0) is 35.5 Å². The fraction of sp³-hybridized carbons (Fsp3) is 0.522. The Morgan fingerprint density at radius 2 is 1.56 bits per heavy atom. The molecule has 9 heteroatoms. The third kappa shape index (κ3) is 2.84. The summed E-state index contributed by atoms with van der Waals surface area (Å²) < 4.78 is 15.0. The van der Waals surface area contributed by atoms with Gasteiger partial charge in [0.05, 0.1) is 35.2 Å². The van der Waals surface area contributed by atoms with Crippen molar-refractivity contribution >= 4 is 66.8 Å². The smallest absolute Gasteiger partial charge is 0.207 e. The largest absolute Gasteiger partial charge is 0.383 e. The molecule has 0 saturated heterocycles. The maximum absolute atomic E-state index is 6.65. The van der Waals surface area contributed by atoms with Gasteiger partial charge in [0, 0.05) is 22.6 Å². The van der Waals surface area contributed by atoms with Crippen LogP contribution < -0.4 is 5.73 Å². The molecular formula is C23H26N4O2S3. The normalized spacial score (nSPS) is 25.5. The second-order valence-electron chi connectivity index (χ2n) is 9.46. The molecule has 168 valence electrons. The van der Waals surface area contributed by atoms with Gasteiger partial charge in [0.25, 0.3) is 0 Å². The Bertz CT molecular complexity index is 1490. The quantitative estimate of drug-likeness (QED) is 0.353. The number of aromatic nitrogens is 3. The summed E-state index contributed by atoms with van der Waals surface area (Å²) in [5, 5.41) is 2.10. The van der Waals surface area contributed by atoms with Gasteiger partial charge in [-0.25, -0.2) is 9.97 Å². The van der Waals surface area contributed by atoms with Crippen LogP contribution in [0.1, 0.15) is 61.4 Å². The molecule has 0 fully saturated rings. The van der Waals surface area contributed by atoms with Crippen LogP contribution in [0.4, 0.5) is 5.82 Å². The van der Waals surface area contributed by atoms with Gasteiger partial charge < -0.3 is 15.2 Å². The van der Waals surface area contributed by atoms with Crippen LogP contribution in [0.15, 0.2) is 0 Å². The summed E-state index contributed by atoms with van der Waals surface area (Å²) in [6, 6.07) is 0. The van der Waals surface area contributed by atoms with E-state index in [-0.39, 0.29) is 11.2 Å². The van der Waals surface area contributed by atoms with E-state index in [9.17, 15) is 0 Å². The lowest BCUT2D eigenvalue weighted by atomic mass is 9.90. The van der Waals surface area contributed by atoms with Crippen LogP contribution in [-0.4, -0.2) is 25.6 Å². The first kappa shape index (κ1) is 20.9. The van der Waals surface area contributed by atoms with Crippen molar-refractivity contribution in [1.29, 1.82) is 0 Å². The van der Waals surface area contributed by atoms with E-state index in [0.29, 0.717) is 23.8 Å². The van der Waals surface area contributed by atoms with E-state index in [1.54, 1.807) is 22.7 Å². The first-order valence-electron chi connectivity index (χ1n) is 11.1. The lowest BCUT2D eigenvalue weighted by Gasteiger charge is -2.33. The molecule has 2 aliphatic rings. The van der Waals surface area contributed by atoms with E-state index in [4.69, 9.17) is 37.4 Å². The zero-order chi connectivity index (χ0) is 22.4. The highest BCUT2D eigenvalue weighted by Gasteiger charge is 2.35. The predicted molar refractivity (Wildman–Crippen MR) is 133 cm³/mol. The molecule has 2 atom stereocenters. The molecular weight excluding hydrogens is 460 g/mol. The number of nitrogens with zero attached hydrogens (tertiary/aromatic N) is 3. The SMILES string of the molecule is CCC1(C)Cc2c(sc3c2c(N)nc2c4c5c(sc4nc(=S)n23)COC(C)(CC)C5)CO1. The number of hydrogen-bond acceptors (Lipinski definition) is 8. The minimum Gasteiger partial charge on any atom is -0.383 e. The molecule has 0 aromatic carbocycles. The van der Waals surface area contributed by atoms with Crippen LogP contribution in [0.3, 0.4) is 0 Å². The molecule has 4 aromatic heterocycles. The van der Waals surface area contributed by atoms with Crippen molar-refractivity contribution in [3.8, 4) is 0 Å². The molecule has 0 aliphatic carbocycles. The molecule has 0 spiro atoms. The third-order valence-electron chi connectivity index (χ3n) is 7.35. The number of nitrogen functional groups attached to an aromatic ring is 1. The van der Waals surface area contributed by atoms with Gasteiger partial charge in [-0.2, -0.15) is 0 Å². The summed E-state index contributed by atoms with van der Waals surface area (Å²) in [6.45, 7) is 9.91. The van der Waals surface area contributed by atoms with Gasteiger partial charge in [-0.3, -0.25) is 4.40 Å². The van der Waals surface area contributed by atoms with Crippen LogP contribution in [0, 0.1) is 4.77 Å². The highest BCUT2D eigenvalue weighted by Crippen LogP contribution is 2.45. The van der Waals surface area contributed by atoms with Gasteiger partial charge in [0.1, 0.15) is 15.5 Å². The second-order valence-corrected chi connectivity index (χ2v) is 12.0. The Labute approximate surface area is 199 Å². The van der Waals surface area contributed by atoms with Crippen molar-refractivity contribution in [1.82, 2.24) is 14.4 Å². The lowest BCUT2D eigenvalue weighted by molar-refractivity contribution is -0.0545. The van der Waals surface area contributed by atoms with E-state index < -0.39 is 0 Å². The Balaban J connectivity index is 1.69. The maximum atomic E-state index is 6.65. The van der Waals surface area contributed by atoms with Gasteiger partial charge in [-0.15, -0.1) is 22.7 Å². The van der Waals surface area contributed by atoms with Crippen molar-refractivity contribution < 1.29 is 9.47 Å². The van der Waals surface area contributed by atoms with Crippen LogP contribution in [0.2, 0.25) is 0 Å². The Morgan fingerprint density at radius 3 is 2.19 bits per heavy atom. The molecule has 6 heterocycles. The molecule has 0 saturated carbocycles. The summed E-state index contributed by atoms with van der Waals surface area (Å²) in [7, 11) is 0. The number of fused-ring (bicyclic) bond motifs is 9. The topological polar surface area (TPSA) is 74.7 Å². The maximum Gasteiger partial charge on any atom is 0.207 e. The number of rotatable bonds is 2. The van der Waals surface area contributed by atoms with Gasteiger partial charge in [0.2, 0.25) is 4.77 Å². The van der Waals surface area contributed by atoms with E-state index in [0.717, 1.165) is 51.8 Å². The van der Waals surface area contributed by atoms with E-state index in [1.165, 1.54) is 20.9 Å². The third-order valence-corrected chi connectivity index (χ3v) is 9.92. The molecule has 4 aromatic rings. The van der Waals surface area contributed by atoms with Crippen LogP contribution >= 0.6 is 34.9 Å². The van der Waals surface area contributed by atoms with Crippen molar-refractivity contribution in [3.05, 3.63) is 25.7 Å². The Hall–Kier alpha value is -1.65. The van der Waals surface area contributed by atoms with E-state index in [2.05, 4.69) is 27.7 Å². The standard InChI is InChI=1S/C23H26N4O2S3/c1-5-22(3)7-11-14(10-29-22)32-20-15(11)17(24)25-18-16-12-8-23(4,6-2)28-9-13(12)31-19(16)26-21(30)27(18)20/h5-10H2,1-4H3,(H2,24,25). The summed E-state index contributed by atoms with van der Waals surface area (Å²) in [6.07, 6.45) is 3.58. The number of nitrogens with two attached hydrogens (primary N) is 1. The highest BCUT2D eigenvalue weighted by molar-refractivity contribution is 7.71. The lowest BCUT2D eigenvalue weighted by Crippen LogP contribution is -2.34. The number of anilines is 1. The van der Waals surface area contributed by atoms with E-state index in [1.807, 2.05) is 4.40 Å². The van der Waals surface area contributed by atoms with E-state index >= 15 is 0 Å². The molecule has 2 N–H and O–H groups in total. The summed E-state index contributed by atoms with van der Waals surface area (Å²) in [4.78, 5) is 14.2. The average Bonchev–Trinajstić information content (AvgIpc) is 3.31. The molecule has 6 rings (SSSR count). The highest BCUT2D eigenvalue weighted by atomic mass is 32.1. The number of thiophene rings is 2. The van der Waals surface area contributed by atoms with Gasteiger partial charge in [-0.05, 0) is 50.0 Å². The molecule has 6 nitrogen and oxygen atoms in total. The minimum absolute atomic E-state index is 0.176. The molecule has 32 heavy (non-hydrogen) atoms. The predicted octanol–water partition coefficient (Wildman–Crippen LogP) is 5.95. The summed E-state index contributed by atoms with van der Waals surface area (Å²) in [5.41, 5.74) is 9.66. The molecule has 2 unspecified atom stereocenters. The average molecular weight is 487 g/mol. The van der Waals surface area contributed by atoms with Gasteiger partial charge in [0.15, 0.2) is 5.65 Å². The van der Waals surface area contributed by atoms with Crippen molar-refractivity contribution in [3.63, 3.8) is 0 Å². The molecule has 0 amide bonds. The monoisotopic (exact) mass is 486 g/mol. The molecule has 0 radical (unpaired) electrons. The second kappa shape index (κ2) is 6.93. The van der Waals surface area contributed by atoms with Gasteiger partial charge in [-0.1, -0.05) is 13.8 Å². The minimum atomic E-state index is -0.177. The number of ether oxygens (including phenoxy) is 2. The first-order chi connectivity index (χ1) is 15.3. The van der Waals surface area contributed by atoms with Crippen LogP contribution in [0.25, 0.3) is 26.1 Å². The van der Waals surface area contributed by atoms with Crippen molar-refractivity contribution in [2.75, 3.05) is 5.73 Å². The number of hydrogen-bond donors (Lipinski definition) is 1. The fourth-order valence-electron chi connectivity index (χ4n) is 4.92. The van der Waals surface area contributed by atoms with Gasteiger partial charge >= 0.3 is 0 Å². The Kier molecular flexibility index (Phi) is 4.53. The summed E-state index contributed by atoms with van der Waals surface area (Å²) >= 11 is 9.17. The fourth-order valence-corrected chi connectivity index (χ4v) is 7.64. The zero-order valence-electron chi connectivity index (χ0n) is 18.7. The van der Waals surface area contributed by atoms with Crippen molar-refractivity contribution in [2.24, 2.45) is 0 Å². The Morgan fingerprint density at radius 1 is 0.969 bits per heavy atom. The molecule has 0 bridgehead atoms. The van der Waals surface area contributed by atoms with Crippen LogP contribution in [0.5, 0.6) is 0 Å². The molecule has 2 aliphatic heterocycles. The van der Waals surface area contributed by atoms with Crippen molar-refractivity contribution in [2.45, 2.75) is 77.8 Å².